The summed E-state index contributed by atoms with van der Waals surface area (Å²) < 4.78 is 10.9. The first-order chi connectivity index (χ1) is 14.2. The third-order valence-electron chi connectivity index (χ3n) is 5.76. The molecule has 2 aliphatic rings. The fourth-order valence-corrected chi connectivity index (χ4v) is 4.16. The van der Waals surface area contributed by atoms with Crippen molar-refractivity contribution < 1.29 is 14.3 Å². The lowest BCUT2D eigenvalue weighted by molar-refractivity contribution is 0.0763. The van der Waals surface area contributed by atoms with Crippen molar-refractivity contribution in [1.29, 1.82) is 0 Å². The number of hydrogen-bond acceptors (Lipinski definition) is 4. The first kappa shape index (κ1) is 18.0. The topological polar surface area (TPSA) is 51.7 Å². The Bertz CT molecular complexity index is 1080. The first-order valence-electron chi connectivity index (χ1n) is 10.3. The Kier molecular flexibility index (Phi) is 4.58. The first-order valence-corrected chi connectivity index (χ1v) is 10.3. The molecule has 0 atom stereocenters. The standard InChI is InChI=1S/C24H24N2O3/c1-16-6-8-20-18(12-16)19(24(27)26-10-4-2-3-5-11-26)14-21(25-20)17-7-9-22-23(13-17)29-15-28-22/h6-9,12-14H,2-5,10-11,15H2,1H3. The molecule has 0 N–H and O–H groups in total. The quantitative estimate of drug-likeness (QED) is 0.623. The summed E-state index contributed by atoms with van der Waals surface area (Å²) in [7, 11) is 0. The van der Waals surface area contributed by atoms with Gasteiger partial charge in [0.05, 0.1) is 16.8 Å². The molecule has 2 aromatic carbocycles. The normalized spacial score (nSPS) is 16.1. The van der Waals surface area contributed by atoms with E-state index in [-0.39, 0.29) is 12.7 Å². The van der Waals surface area contributed by atoms with Crippen molar-refractivity contribution in [3.8, 4) is 22.8 Å². The molecule has 3 aromatic rings. The van der Waals surface area contributed by atoms with Crippen molar-refractivity contribution in [2.75, 3.05) is 19.9 Å². The molecule has 5 heteroatoms. The number of nitrogens with zero attached hydrogens (tertiary/aromatic N) is 2. The van der Waals surface area contributed by atoms with Gasteiger partial charge in [-0.15, -0.1) is 0 Å². The maximum absolute atomic E-state index is 13.5. The lowest BCUT2D eigenvalue weighted by Crippen LogP contribution is -2.32. The van der Waals surface area contributed by atoms with E-state index >= 15 is 0 Å². The monoisotopic (exact) mass is 388 g/mol. The van der Waals surface area contributed by atoms with Gasteiger partial charge in [-0.05, 0) is 56.2 Å². The molecular weight excluding hydrogens is 364 g/mol. The fourth-order valence-electron chi connectivity index (χ4n) is 4.16. The van der Waals surface area contributed by atoms with Gasteiger partial charge < -0.3 is 14.4 Å². The number of pyridine rings is 1. The van der Waals surface area contributed by atoms with Gasteiger partial charge in [0, 0.05) is 24.0 Å². The van der Waals surface area contributed by atoms with Crippen LogP contribution in [0.15, 0.2) is 42.5 Å². The van der Waals surface area contributed by atoms with Gasteiger partial charge >= 0.3 is 0 Å². The van der Waals surface area contributed by atoms with E-state index in [0.717, 1.165) is 65.0 Å². The van der Waals surface area contributed by atoms with Gasteiger partial charge in [-0.1, -0.05) is 24.5 Å². The molecule has 0 radical (unpaired) electrons. The Morgan fingerprint density at radius 3 is 2.55 bits per heavy atom. The van der Waals surface area contributed by atoms with E-state index < -0.39 is 0 Å². The summed E-state index contributed by atoms with van der Waals surface area (Å²) in [6.45, 7) is 3.94. The minimum Gasteiger partial charge on any atom is -0.454 e. The summed E-state index contributed by atoms with van der Waals surface area (Å²) in [5, 5.41) is 0.920. The lowest BCUT2D eigenvalue weighted by Gasteiger charge is -2.21. The molecule has 3 heterocycles. The van der Waals surface area contributed by atoms with Crippen LogP contribution in [0.4, 0.5) is 0 Å². The molecule has 0 bridgehead atoms. The molecular formula is C24H24N2O3. The maximum atomic E-state index is 13.5. The molecule has 1 aromatic heterocycles. The molecule has 0 aliphatic carbocycles. The second-order valence-electron chi connectivity index (χ2n) is 7.85. The van der Waals surface area contributed by atoms with Gasteiger partial charge in [0.1, 0.15) is 0 Å². The van der Waals surface area contributed by atoms with Crippen LogP contribution in [0.25, 0.3) is 22.2 Å². The van der Waals surface area contributed by atoms with E-state index in [1.807, 2.05) is 48.2 Å². The number of amides is 1. The molecule has 5 nitrogen and oxygen atoms in total. The molecule has 0 spiro atoms. The fraction of sp³-hybridized carbons (Fsp3) is 0.333. The van der Waals surface area contributed by atoms with Crippen LogP contribution in [-0.2, 0) is 0 Å². The van der Waals surface area contributed by atoms with E-state index in [9.17, 15) is 4.79 Å². The highest BCUT2D eigenvalue weighted by molar-refractivity contribution is 6.07. The molecule has 1 saturated heterocycles. The van der Waals surface area contributed by atoms with Crippen LogP contribution < -0.4 is 9.47 Å². The summed E-state index contributed by atoms with van der Waals surface area (Å²) in [5.41, 5.74) is 4.39. The molecule has 0 saturated carbocycles. The number of likely N-dealkylation sites (tertiary alicyclic amines) is 1. The van der Waals surface area contributed by atoms with Crippen molar-refractivity contribution in [3.63, 3.8) is 0 Å². The average Bonchev–Trinajstić information content (AvgIpc) is 3.04. The van der Waals surface area contributed by atoms with Crippen molar-refractivity contribution in [1.82, 2.24) is 9.88 Å². The second kappa shape index (κ2) is 7.39. The zero-order chi connectivity index (χ0) is 19.8. The SMILES string of the molecule is Cc1ccc2nc(-c3ccc4c(c3)OCO4)cc(C(=O)N3CCCCCC3)c2c1. The predicted octanol–water partition coefficient (Wildman–Crippen LogP) is 4.96. The van der Waals surface area contributed by atoms with Gasteiger partial charge in [-0.2, -0.15) is 0 Å². The highest BCUT2D eigenvalue weighted by Crippen LogP contribution is 2.36. The minimum absolute atomic E-state index is 0.104. The van der Waals surface area contributed by atoms with E-state index in [1.165, 1.54) is 12.8 Å². The maximum Gasteiger partial charge on any atom is 0.254 e. The predicted molar refractivity (Wildman–Crippen MR) is 112 cm³/mol. The molecule has 29 heavy (non-hydrogen) atoms. The minimum atomic E-state index is 0.104. The van der Waals surface area contributed by atoms with E-state index in [1.54, 1.807) is 0 Å². The summed E-state index contributed by atoms with van der Waals surface area (Å²) >= 11 is 0. The largest absolute Gasteiger partial charge is 0.454 e. The average molecular weight is 388 g/mol. The molecule has 148 valence electrons. The molecule has 0 unspecified atom stereocenters. The van der Waals surface area contributed by atoms with Crippen LogP contribution in [0.5, 0.6) is 11.5 Å². The number of ether oxygens (including phenoxy) is 2. The Morgan fingerprint density at radius 1 is 0.931 bits per heavy atom. The number of rotatable bonds is 2. The van der Waals surface area contributed by atoms with Crippen LogP contribution in [-0.4, -0.2) is 35.7 Å². The lowest BCUT2D eigenvalue weighted by atomic mass is 10.0. The number of hydrogen-bond donors (Lipinski definition) is 0. The summed E-state index contributed by atoms with van der Waals surface area (Å²) in [6.07, 6.45) is 4.54. The smallest absolute Gasteiger partial charge is 0.254 e. The van der Waals surface area contributed by atoms with Gasteiger partial charge in [0.2, 0.25) is 6.79 Å². The number of carbonyl (C=O) groups is 1. The summed E-state index contributed by atoms with van der Waals surface area (Å²) in [4.78, 5) is 20.4. The zero-order valence-corrected chi connectivity index (χ0v) is 16.6. The van der Waals surface area contributed by atoms with Crippen LogP contribution in [0.1, 0.15) is 41.6 Å². The van der Waals surface area contributed by atoms with Gasteiger partial charge in [-0.3, -0.25) is 4.79 Å². The van der Waals surface area contributed by atoms with Crippen LogP contribution in [0, 0.1) is 6.92 Å². The van der Waals surface area contributed by atoms with E-state index in [4.69, 9.17) is 14.5 Å². The number of aryl methyl sites for hydroxylation is 1. The number of fused-ring (bicyclic) bond motifs is 2. The Hall–Kier alpha value is -3.08. The van der Waals surface area contributed by atoms with Crippen molar-refractivity contribution in [2.45, 2.75) is 32.6 Å². The van der Waals surface area contributed by atoms with Crippen LogP contribution >= 0.6 is 0 Å². The highest BCUT2D eigenvalue weighted by atomic mass is 16.7. The number of aromatic nitrogens is 1. The Morgan fingerprint density at radius 2 is 1.72 bits per heavy atom. The number of carbonyl (C=O) groups excluding carboxylic acids is 1. The highest BCUT2D eigenvalue weighted by Gasteiger charge is 2.22. The molecule has 5 rings (SSSR count). The molecule has 1 amide bonds. The van der Waals surface area contributed by atoms with E-state index in [2.05, 4.69) is 6.07 Å². The Labute approximate surface area is 170 Å². The third-order valence-corrected chi connectivity index (χ3v) is 5.76. The zero-order valence-electron chi connectivity index (χ0n) is 16.6. The van der Waals surface area contributed by atoms with Crippen molar-refractivity contribution >= 4 is 16.8 Å². The van der Waals surface area contributed by atoms with Crippen molar-refractivity contribution in [2.24, 2.45) is 0 Å². The summed E-state index contributed by atoms with van der Waals surface area (Å²) in [6, 6.07) is 13.8. The third kappa shape index (κ3) is 3.41. The Balaban J connectivity index is 1.63. The van der Waals surface area contributed by atoms with Crippen molar-refractivity contribution in [3.05, 3.63) is 53.6 Å². The van der Waals surface area contributed by atoms with Gasteiger partial charge in [-0.25, -0.2) is 4.98 Å². The number of benzene rings is 2. The van der Waals surface area contributed by atoms with E-state index in [0.29, 0.717) is 5.75 Å². The van der Waals surface area contributed by atoms with Gasteiger partial charge in [0.25, 0.3) is 5.91 Å². The molecule has 1 fully saturated rings. The van der Waals surface area contributed by atoms with Crippen LogP contribution in [0.2, 0.25) is 0 Å². The molecule has 2 aliphatic heterocycles. The summed E-state index contributed by atoms with van der Waals surface area (Å²) in [5.74, 6) is 1.56. The van der Waals surface area contributed by atoms with Crippen LogP contribution in [0.3, 0.4) is 0 Å². The van der Waals surface area contributed by atoms with Gasteiger partial charge in [0.15, 0.2) is 11.5 Å². The second-order valence-corrected chi connectivity index (χ2v) is 7.85.